The molecule has 0 spiro atoms. The normalized spacial score (nSPS) is 11.3. The zero-order valence-electron chi connectivity index (χ0n) is 12.3. The highest BCUT2D eigenvalue weighted by atomic mass is 16.1. The van der Waals surface area contributed by atoms with Crippen molar-refractivity contribution < 1.29 is 0 Å². The van der Waals surface area contributed by atoms with Gasteiger partial charge in [-0.1, -0.05) is 19.4 Å². The highest BCUT2D eigenvalue weighted by Gasteiger charge is 2.10. The molecule has 3 aromatic heterocycles. The Kier molecular flexibility index (Phi) is 3.33. The van der Waals surface area contributed by atoms with Crippen LogP contribution in [-0.4, -0.2) is 14.0 Å². The lowest BCUT2D eigenvalue weighted by molar-refractivity contribution is 0.615. The summed E-state index contributed by atoms with van der Waals surface area (Å²) in [5, 5.41) is 8.64. The molecule has 0 aliphatic carbocycles. The van der Waals surface area contributed by atoms with Gasteiger partial charge in [0.25, 0.3) is 5.56 Å². The number of aromatic nitrogens is 3. The van der Waals surface area contributed by atoms with E-state index in [0.717, 1.165) is 18.4 Å². The summed E-state index contributed by atoms with van der Waals surface area (Å²) < 4.78 is 3.40. The second-order valence-electron chi connectivity index (χ2n) is 5.26. The number of aryl methyl sites for hydroxylation is 2. The van der Waals surface area contributed by atoms with E-state index < -0.39 is 0 Å². The summed E-state index contributed by atoms with van der Waals surface area (Å²) in [5.74, 6) is 0. The third kappa shape index (κ3) is 2.14. The molecule has 0 aromatic carbocycles. The molecular formula is C16H18N4O. The molecule has 21 heavy (non-hydrogen) atoms. The van der Waals surface area contributed by atoms with Crippen LogP contribution in [0, 0.1) is 12.3 Å². The van der Waals surface area contributed by atoms with Crippen molar-refractivity contribution in [2.24, 2.45) is 0 Å². The first-order chi connectivity index (χ1) is 10.1. The van der Waals surface area contributed by atoms with E-state index in [1.165, 1.54) is 0 Å². The molecule has 3 rings (SSSR count). The van der Waals surface area contributed by atoms with Gasteiger partial charge in [0.1, 0.15) is 16.8 Å². The highest BCUT2D eigenvalue weighted by Crippen LogP contribution is 2.11. The summed E-state index contributed by atoms with van der Waals surface area (Å²) in [6.07, 6.45) is 3.74. The molecule has 3 aromatic rings. The molecule has 108 valence electrons. The Morgan fingerprint density at radius 3 is 2.81 bits per heavy atom. The van der Waals surface area contributed by atoms with Crippen molar-refractivity contribution in [1.29, 1.82) is 5.41 Å². The fraction of sp³-hybridized carbons (Fsp3) is 0.312. The van der Waals surface area contributed by atoms with Gasteiger partial charge in [0.2, 0.25) is 0 Å². The molecule has 0 saturated carbocycles. The molecule has 1 N–H and O–H groups in total. The Bertz CT molecular complexity index is 937. The monoisotopic (exact) mass is 282 g/mol. The van der Waals surface area contributed by atoms with Crippen molar-refractivity contribution in [2.75, 3.05) is 0 Å². The van der Waals surface area contributed by atoms with Crippen LogP contribution in [0.1, 0.15) is 25.3 Å². The summed E-state index contributed by atoms with van der Waals surface area (Å²) in [5.41, 5.74) is 2.53. The molecule has 0 fully saturated rings. The predicted octanol–water partition coefficient (Wildman–Crippen LogP) is 2.24. The Morgan fingerprint density at radius 2 is 2.05 bits per heavy atom. The molecule has 0 unspecified atom stereocenters. The van der Waals surface area contributed by atoms with Crippen molar-refractivity contribution in [1.82, 2.24) is 14.0 Å². The lowest BCUT2D eigenvalue weighted by atomic mass is 10.2. The third-order valence-electron chi connectivity index (χ3n) is 3.75. The lowest BCUT2D eigenvalue weighted by Crippen LogP contribution is -2.25. The smallest absolute Gasteiger partial charge is 0.267 e. The van der Waals surface area contributed by atoms with E-state index >= 15 is 0 Å². The van der Waals surface area contributed by atoms with Crippen LogP contribution in [0.25, 0.3) is 16.7 Å². The van der Waals surface area contributed by atoms with E-state index in [1.54, 1.807) is 22.7 Å². The van der Waals surface area contributed by atoms with Gasteiger partial charge in [0, 0.05) is 12.7 Å². The quantitative estimate of drug-likeness (QED) is 0.749. The standard InChI is InChI=1S/C16H18N4O/c1-3-4-9-19-13(17)8-7-12-15(19)18-14-11(2)6-5-10-20(14)16(12)21/h5-8,10,17H,3-4,9H2,1-2H3. The molecule has 0 aliphatic heterocycles. The van der Waals surface area contributed by atoms with Crippen LogP contribution < -0.4 is 11.0 Å². The van der Waals surface area contributed by atoms with Gasteiger partial charge in [-0.15, -0.1) is 0 Å². The number of fused-ring (bicyclic) bond motifs is 2. The van der Waals surface area contributed by atoms with E-state index in [0.29, 0.717) is 28.7 Å². The van der Waals surface area contributed by atoms with Crippen molar-refractivity contribution in [2.45, 2.75) is 33.2 Å². The molecule has 0 bridgehead atoms. The number of nitrogens with one attached hydrogen (secondary N) is 1. The number of unbranched alkanes of at least 4 members (excludes halogenated alkanes) is 1. The van der Waals surface area contributed by atoms with Crippen LogP contribution >= 0.6 is 0 Å². The number of rotatable bonds is 3. The Balaban J connectivity index is 2.46. The molecule has 5 nitrogen and oxygen atoms in total. The van der Waals surface area contributed by atoms with Gasteiger partial charge >= 0.3 is 0 Å². The van der Waals surface area contributed by atoms with Gasteiger partial charge in [-0.2, -0.15) is 0 Å². The summed E-state index contributed by atoms with van der Waals surface area (Å²) in [6.45, 7) is 4.76. The van der Waals surface area contributed by atoms with E-state index in [9.17, 15) is 4.79 Å². The summed E-state index contributed by atoms with van der Waals surface area (Å²) >= 11 is 0. The maximum atomic E-state index is 12.6. The fourth-order valence-electron chi connectivity index (χ4n) is 2.56. The maximum absolute atomic E-state index is 12.6. The maximum Gasteiger partial charge on any atom is 0.267 e. The fourth-order valence-corrected chi connectivity index (χ4v) is 2.56. The average Bonchev–Trinajstić information content (AvgIpc) is 2.48. The van der Waals surface area contributed by atoms with Gasteiger partial charge in [-0.3, -0.25) is 14.6 Å². The number of pyridine rings is 2. The van der Waals surface area contributed by atoms with Gasteiger partial charge in [0.15, 0.2) is 0 Å². The Morgan fingerprint density at radius 1 is 1.24 bits per heavy atom. The zero-order valence-corrected chi connectivity index (χ0v) is 12.3. The molecule has 5 heteroatoms. The number of hydrogen-bond acceptors (Lipinski definition) is 3. The van der Waals surface area contributed by atoms with Crippen LogP contribution in [-0.2, 0) is 6.54 Å². The van der Waals surface area contributed by atoms with Crippen molar-refractivity contribution in [3.8, 4) is 0 Å². The van der Waals surface area contributed by atoms with Crippen LogP contribution in [0.5, 0.6) is 0 Å². The Hall–Kier alpha value is -2.43. The second kappa shape index (κ2) is 5.16. The van der Waals surface area contributed by atoms with Crippen LogP contribution in [0.3, 0.4) is 0 Å². The zero-order chi connectivity index (χ0) is 15.0. The van der Waals surface area contributed by atoms with Gasteiger partial charge in [-0.25, -0.2) is 4.98 Å². The van der Waals surface area contributed by atoms with Gasteiger partial charge < -0.3 is 4.57 Å². The van der Waals surface area contributed by atoms with Crippen LogP contribution in [0.2, 0.25) is 0 Å². The minimum Gasteiger partial charge on any atom is -0.311 e. The molecule has 0 saturated heterocycles. The number of hydrogen-bond donors (Lipinski definition) is 1. The Labute approximate surface area is 122 Å². The van der Waals surface area contributed by atoms with Crippen molar-refractivity contribution >= 4 is 16.7 Å². The first kappa shape index (κ1) is 13.5. The second-order valence-corrected chi connectivity index (χ2v) is 5.26. The molecule has 0 atom stereocenters. The SMILES string of the molecule is CCCCn1c(=N)ccc2c(=O)n3cccc(C)c3nc21. The summed E-state index contributed by atoms with van der Waals surface area (Å²) in [7, 11) is 0. The molecule has 3 heterocycles. The third-order valence-corrected chi connectivity index (χ3v) is 3.75. The summed E-state index contributed by atoms with van der Waals surface area (Å²) in [4.78, 5) is 17.3. The predicted molar refractivity (Wildman–Crippen MR) is 82.5 cm³/mol. The topological polar surface area (TPSA) is 63.2 Å². The summed E-state index contributed by atoms with van der Waals surface area (Å²) in [6, 6.07) is 7.16. The minimum atomic E-state index is -0.0797. The largest absolute Gasteiger partial charge is 0.311 e. The van der Waals surface area contributed by atoms with E-state index in [-0.39, 0.29) is 5.56 Å². The van der Waals surface area contributed by atoms with Gasteiger partial charge in [-0.05, 0) is 37.1 Å². The molecule has 0 radical (unpaired) electrons. The first-order valence-corrected chi connectivity index (χ1v) is 7.19. The van der Waals surface area contributed by atoms with E-state index in [2.05, 4.69) is 11.9 Å². The molecule has 0 amide bonds. The highest BCUT2D eigenvalue weighted by molar-refractivity contribution is 5.76. The first-order valence-electron chi connectivity index (χ1n) is 7.19. The van der Waals surface area contributed by atoms with Crippen LogP contribution in [0.15, 0.2) is 35.3 Å². The van der Waals surface area contributed by atoms with Crippen molar-refractivity contribution in [3.05, 3.63) is 51.9 Å². The number of nitrogens with zero attached hydrogens (tertiary/aromatic N) is 3. The molecule has 0 aliphatic rings. The van der Waals surface area contributed by atoms with E-state index in [4.69, 9.17) is 5.41 Å². The average molecular weight is 282 g/mol. The van der Waals surface area contributed by atoms with E-state index in [1.807, 2.05) is 23.6 Å². The van der Waals surface area contributed by atoms with Crippen molar-refractivity contribution in [3.63, 3.8) is 0 Å². The minimum absolute atomic E-state index is 0.0797. The van der Waals surface area contributed by atoms with Gasteiger partial charge in [0.05, 0.1) is 5.39 Å². The van der Waals surface area contributed by atoms with Crippen LogP contribution in [0.4, 0.5) is 0 Å². The molecular weight excluding hydrogens is 264 g/mol. The lowest BCUT2D eigenvalue weighted by Gasteiger charge is -2.11.